The third kappa shape index (κ3) is 30.2. The van der Waals surface area contributed by atoms with Crippen LogP contribution in [-0.4, -0.2) is 44.5 Å². The number of carboxylic acids is 2. The summed E-state index contributed by atoms with van der Waals surface area (Å²) in [5.74, 6) is -1.43. The molecule has 0 aromatic carbocycles. The molecule has 0 radical (unpaired) electrons. The third-order valence-electron chi connectivity index (χ3n) is 2.53. The zero-order valence-electron chi connectivity index (χ0n) is 11.7. The first-order valence-electron chi connectivity index (χ1n) is 6.84. The second-order valence-electron chi connectivity index (χ2n) is 4.46. The van der Waals surface area contributed by atoms with Crippen molar-refractivity contribution in [1.29, 1.82) is 0 Å². The minimum Gasteiger partial charge on any atom is -0.481 e. The Balaban J connectivity index is 0. The molecule has 0 unspecified atom stereocenters. The molecule has 0 bridgehead atoms. The first kappa shape index (κ1) is 21.2. The zero-order valence-corrected chi connectivity index (χ0v) is 11.7. The van der Waals surface area contributed by atoms with E-state index in [2.05, 4.69) is 0 Å². The van der Waals surface area contributed by atoms with Gasteiger partial charge in [0.1, 0.15) is 0 Å². The molecule has 0 amide bonds. The predicted molar refractivity (Wildman–Crippen MR) is 73.9 cm³/mol. The third-order valence-corrected chi connectivity index (χ3v) is 2.53. The number of unbranched alkanes of at least 4 members (excludes halogenated alkanes) is 7. The van der Waals surface area contributed by atoms with Crippen molar-refractivity contribution in [3.63, 3.8) is 0 Å². The highest BCUT2D eigenvalue weighted by atomic mass is 16.5. The molecule has 0 saturated carbocycles. The van der Waals surface area contributed by atoms with Gasteiger partial charge in [0, 0.05) is 12.8 Å². The molecule has 0 aliphatic heterocycles. The Morgan fingerprint density at radius 2 is 0.800 bits per heavy atom. The van der Waals surface area contributed by atoms with Crippen LogP contribution in [0.2, 0.25) is 0 Å². The number of aliphatic carboxylic acids is 2. The van der Waals surface area contributed by atoms with Crippen LogP contribution < -0.4 is 0 Å². The quantitative estimate of drug-likeness (QED) is 0.283. The summed E-state index contributed by atoms with van der Waals surface area (Å²) in [6.45, 7) is 0. The molecule has 0 spiro atoms. The van der Waals surface area contributed by atoms with E-state index in [1.54, 1.807) is 0 Å². The monoisotopic (exact) mass is 292 g/mol. The van der Waals surface area contributed by atoms with Gasteiger partial charge in [0.15, 0.2) is 0 Å². The molecule has 0 saturated heterocycles. The van der Waals surface area contributed by atoms with Crippen molar-refractivity contribution in [2.24, 2.45) is 0 Å². The minimum absolute atomic E-state index is 0.276. The molecule has 8 heteroatoms. The van der Waals surface area contributed by atoms with Crippen LogP contribution in [0.1, 0.15) is 64.2 Å². The predicted octanol–water partition coefficient (Wildman–Crippen LogP) is 1.00. The van der Waals surface area contributed by atoms with Crippen molar-refractivity contribution >= 4 is 19.3 Å². The van der Waals surface area contributed by atoms with Gasteiger partial charge in [-0.1, -0.05) is 38.5 Å². The largest absolute Gasteiger partial charge is 0.631 e. The van der Waals surface area contributed by atoms with Crippen molar-refractivity contribution in [1.82, 2.24) is 0 Å². The van der Waals surface area contributed by atoms with Crippen LogP contribution in [0.5, 0.6) is 0 Å². The van der Waals surface area contributed by atoms with E-state index in [-0.39, 0.29) is 12.8 Å². The summed E-state index contributed by atoms with van der Waals surface area (Å²) in [6, 6.07) is 0. The zero-order chi connectivity index (χ0) is 15.8. The highest BCUT2D eigenvalue weighted by Gasteiger charge is 1.98. The van der Waals surface area contributed by atoms with Crippen LogP contribution in [-0.2, 0) is 9.59 Å². The highest BCUT2D eigenvalue weighted by Crippen LogP contribution is 2.10. The van der Waals surface area contributed by atoms with E-state index in [1.165, 1.54) is 0 Å². The van der Waals surface area contributed by atoms with E-state index >= 15 is 0 Å². The lowest BCUT2D eigenvalue weighted by molar-refractivity contribution is -0.138. The summed E-state index contributed by atoms with van der Waals surface area (Å²) in [5, 5.41) is 38.3. The van der Waals surface area contributed by atoms with E-state index in [0.717, 1.165) is 51.4 Å². The fraction of sp³-hybridized carbons (Fsp3) is 0.833. The number of carboxylic acid groups (broad SMARTS) is 2. The van der Waals surface area contributed by atoms with Crippen molar-refractivity contribution in [2.75, 3.05) is 0 Å². The number of hydrogen-bond acceptors (Lipinski definition) is 5. The van der Waals surface area contributed by atoms with E-state index in [4.69, 9.17) is 25.3 Å². The van der Waals surface area contributed by atoms with E-state index in [0.29, 0.717) is 0 Å². The first-order valence-corrected chi connectivity index (χ1v) is 6.84. The molecular weight excluding hydrogens is 267 g/mol. The van der Waals surface area contributed by atoms with E-state index < -0.39 is 19.3 Å². The molecule has 0 aromatic rings. The maximum atomic E-state index is 10.2. The summed E-state index contributed by atoms with van der Waals surface area (Å²) in [7, 11) is -2.17. The van der Waals surface area contributed by atoms with Gasteiger partial charge in [-0.25, -0.2) is 0 Å². The summed E-state index contributed by atoms with van der Waals surface area (Å²) < 4.78 is 0. The fourth-order valence-electron chi connectivity index (χ4n) is 1.61. The first-order chi connectivity index (χ1) is 9.36. The molecule has 118 valence electrons. The number of rotatable bonds is 11. The molecule has 5 N–H and O–H groups in total. The van der Waals surface area contributed by atoms with Crippen molar-refractivity contribution in [3.05, 3.63) is 0 Å². The lowest BCUT2D eigenvalue weighted by Crippen LogP contribution is -2.07. The van der Waals surface area contributed by atoms with Gasteiger partial charge < -0.3 is 25.3 Å². The van der Waals surface area contributed by atoms with Gasteiger partial charge in [0.05, 0.1) is 0 Å². The Labute approximate surface area is 119 Å². The van der Waals surface area contributed by atoms with Crippen LogP contribution in [0, 0.1) is 0 Å². The average molecular weight is 292 g/mol. The molecule has 0 aliphatic rings. The number of hydrogen-bond donors (Lipinski definition) is 5. The van der Waals surface area contributed by atoms with Gasteiger partial charge in [-0.2, -0.15) is 0 Å². The van der Waals surface area contributed by atoms with Gasteiger partial charge in [-0.3, -0.25) is 9.59 Å². The summed E-state index contributed by atoms with van der Waals surface area (Å²) in [4.78, 5) is 20.4. The number of carbonyl (C=O) groups is 2. The molecule has 0 aromatic heterocycles. The van der Waals surface area contributed by atoms with Crippen LogP contribution in [0.25, 0.3) is 0 Å². The van der Waals surface area contributed by atoms with Crippen LogP contribution in [0.4, 0.5) is 0 Å². The second-order valence-corrected chi connectivity index (χ2v) is 4.46. The normalized spacial score (nSPS) is 9.55. The van der Waals surface area contributed by atoms with Gasteiger partial charge >= 0.3 is 19.3 Å². The standard InChI is InChI=1S/C12H22O4.BH3O3/c13-11(14)9-7-5-3-1-2-4-6-8-10-12(15)16;2-1(3)4/h1-10H2,(H,13,14)(H,15,16);2-4H. The Morgan fingerprint density at radius 3 is 1.00 bits per heavy atom. The lowest BCUT2D eigenvalue weighted by Gasteiger charge is -2.00. The molecule has 0 fully saturated rings. The van der Waals surface area contributed by atoms with Crippen LogP contribution in [0.3, 0.4) is 0 Å². The Morgan fingerprint density at radius 1 is 0.600 bits per heavy atom. The van der Waals surface area contributed by atoms with Crippen LogP contribution >= 0.6 is 0 Å². The Kier molecular flexibility index (Phi) is 16.9. The maximum absolute atomic E-state index is 10.2. The molecule has 20 heavy (non-hydrogen) atoms. The fourth-order valence-corrected chi connectivity index (χ4v) is 1.61. The SMILES string of the molecule is O=C(O)CCCCCCCCCCC(=O)O.OB(O)O. The van der Waals surface area contributed by atoms with Gasteiger partial charge in [0.25, 0.3) is 0 Å². The second kappa shape index (κ2) is 15.9. The van der Waals surface area contributed by atoms with Crippen LogP contribution in [0.15, 0.2) is 0 Å². The average Bonchev–Trinajstić information content (AvgIpc) is 2.30. The lowest BCUT2D eigenvalue weighted by atomic mass is 10.1. The topological polar surface area (TPSA) is 135 Å². The maximum Gasteiger partial charge on any atom is 0.631 e. The molecule has 0 heterocycles. The van der Waals surface area contributed by atoms with E-state index in [1.807, 2.05) is 0 Å². The van der Waals surface area contributed by atoms with E-state index in [9.17, 15) is 9.59 Å². The van der Waals surface area contributed by atoms with Crippen molar-refractivity contribution in [2.45, 2.75) is 64.2 Å². The molecule has 0 aliphatic carbocycles. The molecule has 0 rings (SSSR count). The smallest absolute Gasteiger partial charge is 0.481 e. The molecule has 0 atom stereocenters. The Hall–Kier alpha value is -1.12. The molecular formula is C12H25BO7. The summed E-state index contributed by atoms with van der Waals surface area (Å²) in [5.41, 5.74) is 0. The van der Waals surface area contributed by atoms with Gasteiger partial charge in [-0.15, -0.1) is 0 Å². The molecule has 7 nitrogen and oxygen atoms in total. The summed E-state index contributed by atoms with van der Waals surface area (Å²) in [6.07, 6.45) is 8.51. The van der Waals surface area contributed by atoms with Gasteiger partial charge in [0.2, 0.25) is 0 Å². The summed E-state index contributed by atoms with van der Waals surface area (Å²) >= 11 is 0. The highest BCUT2D eigenvalue weighted by molar-refractivity contribution is 6.30. The Bertz CT molecular complexity index is 221. The van der Waals surface area contributed by atoms with Crippen molar-refractivity contribution < 1.29 is 34.9 Å². The van der Waals surface area contributed by atoms with Crippen molar-refractivity contribution in [3.8, 4) is 0 Å². The van der Waals surface area contributed by atoms with Gasteiger partial charge in [-0.05, 0) is 12.8 Å². The minimum atomic E-state index is -2.17.